The number of nitrogens with zero attached hydrogens (tertiary/aromatic N) is 1. The minimum Gasteiger partial charge on any atom is -0.308 e. The Morgan fingerprint density at radius 3 is 1.87 bits per heavy atom. The SMILES string of the molecule is N#Cc1ccc(NC(=O)Nc2ccc(SC(F)(F)F)cc2)cc1. The van der Waals surface area contributed by atoms with Gasteiger partial charge in [-0.05, 0) is 60.3 Å². The van der Waals surface area contributed by atoms with Gasteiger partial charge in [0.2, 0.25) is 0 Å². The third-order valence-corrected chi connectivity index (χ3v) is 3.36. The van der Waals surface area contributed by atoms with Gasteiger partial charge in [-0.3, -0.25) is 0 Å². The molecule has 0 aliphatic rings. The molecule has 2 amide bonds. The Morgan fingerprint density at radius 1 is 0.957 bits per heavy atom. The lowest BCUT2D eigenvalue weighted by Crippen LogP contribution is -2.19. The fourth-order valence-electron chi connectivity index (χ4n) is 1.66. The van der Waals surface area contributed by atoms with Gasteiger partial charge in [-0.25, -0.2) is 4.79 Å². The Labute approximate surface area is 134 Å². The van der Waals surface area contributed by atoms with Gasteiger partial charge < -0.3 is 10.6 Å². The molecule has 0 aliphatic heterocycles. The van der Waals surface area contributed by atoms with Crippen LogP contribution in [0.1, 0.15) is 5.56 Å². The van der Waals surface area contributed by atoms with E-state index in [0.29, 0.717) is 16.9 Å². The fraction of sp³-hybridized carbons (Fsp3) is 0.0667. The summed E-state index contributed by atoms with van der Waals surface area (Å²) in [5.74, 6) is 0. The van der Waals surface area contributed by atoms with Crippen molar-refractivity contribution >= 4 is 29.2 Å². The molecule has 0 bridgehead atoms. The van der Waals surface area contributed by atoms with E-state index < -0.39 is 11.5 Å². The minimum absolute atomic E-state index is 0.0375. The highest BCUT2D eigenvalue weighted by Gasteiger charge is 2.28. The highest BCUT2D eigenvalue weighted by atomic mass is 32.2. The van der Waals surface area contributed by atoms with Gasteiger partial charge in [-0.15, -0.1) is 0 Å². The molecule has 23 heavy (non-hydrogen) atoms. The zero-order valence-electron chi connectivity index (χ0n) is 11.5. The number of benzene rings is 2. The second-order valence-electron chi connectivity index (χ2n) is 4.34. The molecule has 0 saturated carbocycles. The molecule has 2 aromatic carbocycles. The van der Waals surface area contributed by atoms with Gasteiger partial charge in [0.05, 0.1) is 11.6 Å². The largest absolute Gasteiger partial charge is 0.446 e. The van der Waals surface area contributed by atoms with E-state index in [1.807, 2.05) is 6.07 Å². The number of hydrogen-bond acceptors (Lipinski definition) is 3. The van der Waals surface area contributed by atoms with Crippen molar-refractivity contribution in [1.29, 1.82) is 5.26 Å². The number of urea groups is 1. The lowest BCUT2D eigenvalue weighted by Gasteiger charge is -2.09. The minimum atomic E-state index is -4.35. The molecule has 8 heteroatoms. The highest BCUT2D eigenvalue weighted by Crippen LogP contribution is 2.37. The number of alkyl halides is 3. The van der Waals surface area contributed by atoms with Crippen LogP contribution in [0.5, 0.6) is 0 Å². The van der Waals surface area contributed by atoms with Crippen LogP contribution in [-0.4, -0.2) is 11.5 Å². The average Bonchev–Trinajstić information content (AvgIpc) is 2.48. The monoisotopic (exact) mass is 337 g/mol. The molecule has 2 aromatic rings. The van der Waals surface area contributed by atoms with Gasteiger partial charge in [0.1, 0.15) is 0 Å². The summed E-state index contributed by atoms with van der Waals surface area (Å²) in [7, 11) is 0. The van der Waals surface area contributed by atoms with Crippen molar-refractivity contribution in [3.8, 4) is 6.07 Å². The molecule has 118 valence electrons. The van der Waals surface area contributed by atoms with E-state index in [2.05, 4.69) is 10.6 Å². The number of halogens is 3. The standard InChI is InChI=1S/C15H10F3N3OS/c16-15(17,18)23-13-7-5-12(6-8-13)21-14(22)20-11-3-1-10(9-19)2-4-11/h1-8H,(H2,20,21,22). The van der Waals surface area contributed by atoms with Crippen LogP contribution in [0.15, 0.2) is 53.4 Å². The third-order valence-electron chi connectivity index (χ3n) is 2.62. The predicted molar refractivity (Wildman–Crippen MR) is 82.2 cm³/mol. The quantitative estimate of drug-likeness (QED) is 0.790. The zero-order chi connectivity index (χ0) is 16.9. The van der Waals surface area contributed by atoms with Crippen LogP contribution in [-0.2, 0) is 0 Å². The zero-order valence-corrected chi connectivity index (χ0v) is 12.3. The van der Waals surface area contributed by atoms with E-state index in [1.54, 1.807) is 24.3 Å². The fourth-order valence-corrected chi connectivity index (χ4v) is 2.20. The summed E-state index contributed by atoms with van der Waals surface area (Å²) in [5.41, 5.74) is -3.02. The first kappa shape index (κ1) is 16.7. The van der Waals surface area contributed by atoms with Crippen molar-refractivity contribution in [3.63, 3.8) is 0 Å². The second kappa shape index (κ2) is 7.07. The molecule has 2 rings (SSSR count). The summed E-state index contributed by atoms with van der Waals surface area (Å²) in [4.78, 5) is 11.8. The number of nitrogens with one attached hydrogen (secondary N) is 2. The highest BCUT2D eigenvalue weighted by molar-refractivity contribution is 8.00. The van der Waals surface area contributed by atoms with Crippen molar-refractivity contribution in [1.82, 2.24) is 0 Å². The number of rotatable bonds is 3. The Bertz CT molecular complexity index is 722. The molecule has 0 spiro atoms. The van der Waals surface area contributed by atoms with Crippen LogP contribution in [0.4, 0.5) is 29.3 Å². The molecular weight excluding hydrogens is 327 g/mol. The number of anilines is 2. The number of amides is 2. The number of hydrogen-bond donors (Lipinski definition) is 2. The first-order valence-corrected chi connectivity index (χ1v) is 7.11. The van der Waals surface area contributed by atoms with Gasteiger partial charge >= 0.3 is 11.5 Å². The van der Waals surface area contributed by atoms with E-state index in [-0.39, 0.29) is 16.7 Å². The number of thioether (sulfide) groups is 1. The lowest BCUT2D eigenvalue weighted by molar-refractivity contribution is -0.0328. The van der Waals surface area contributed by atoms with Crippen LogP contribution < -0.4 is 10.6 Å². The molecule has 0 aromatic heterocycles. The second-order valence-corrected chi connectivity index (χ2v) is 5.48. The van der Waals surface area contributed by atoms with Gasteiger partial charge in [0, 0.05) is 16.3 Å². The topological polar surface area (TPSA) is 64.9 Å². The number of carbonyl (C=O) groups excluding carboxylic acids is 1. The van der Waals surface area contributed by atoms with Gasteiger partial charge in [0.25, 0.3) is 0 Å². The smallest absolute Gasteiger partial charge is 0.308 e. The summed E-state index contributed by atoms with van der Waals surface area (Å²) < 4.78 is 36.6. The molecule has 0 radical (unpaired) electrons. The van der Waals surface area contributed by atoms with Crippen molar-refractivity contribution < 1.29 is 18.0 Å². The van der Waals surface area contributed by atoms with Crippen LogP contribution in [0.3, 0.4) is 0 Å². The predicted octanol–water partition coefficient (Wildman–Crippen LogP) is 4.81. The molecular formula is C15H10F3N3OS. The van der Waals surface area contributed by atoms with Crippen LogP contribution >= 0.6 is 11.8 Å². The molecule has 0 atom stereocenters. The summed E-state index contributed by atoms with van der Waals surface area (Å²) in [5, 5.41) is 13.7. The maximum absolute atomic E-state index is 12.2. The molecule has 4 nitrogen and oxygen atoms in total. The Kier molecular flexibility index (Phi) is 5.13. The normalized spacial score (nSPS) is 10.7. The van der Waals surface area contributed by atoms with Crippen molar-refractivity contribution in [2.24, 2.45) is 0 Å². The summed E-state index contributed by atoms with van der Waals surface area (Å²) >= 11 is -0.220. The summed E-state index contributed by atoms with van der Waals surface area (Å²) in [6.45, 7) is 0. The molecule has 0 fully saturated rings. The first-order valence-electron chi connectivity index (χ1n) is 6.30. The van der Waals surface area contributed by atoms with Crippen molar-refractivity contribution in [2.45, 2.75) is 10.4 Å². The molecule has 0 unspecified atom stereocenters. The van der Waals surface area contributed by atoms with E-state index >= 15 is 0 Å². The maximum atomic E-state index is 12.2. The Morgan fingerprint density at radius 2 is 1.43 bits per heavy atom. The van der Waals surface area contributed by atoms with E-state index in [1.165, 1.54) is 24.3 Å². The Balaban J connectivity index is 1.93. The van der Waals surface area contributed by atoms with Gasteiger partial charge in [0.15, 0.2) is 0 Å². The van der Waals surface area contributed by atoms with Crippen molar-refractivity contribution in [2.75, 3.05) is 10.6 Å². The van der Waals surface area contributed by atoms with Gasteiger partial charge in [-0.2, -0.15) is 18.4 Å². The average molecular weight is 337 g/mol. The number of carbonyl (C=O) groups is 1. The molecule has 2 N–H and O–H groups in total. The third kappa shape index (κ3) is 5.56. The summed E-state index contributed by atoms with van der Waals surface area (Å²) in [6, 6.07) is 13.0. The van der Waals surface area contributed by atoms with Crippen molar-refractivity contribution in [3.05, 3.63) is 54.1 Å². The van der Waals surface area contributed by atoms with E-state index in [4.69, 9.17) is 5.26 Å². The molecule has 0 heterocycles. The van der Waals surface area contributed by atoms with Crippen LogP contribution in [0.2, 0.25) is 0 Å². The summed E-state index contributed by atoms with van der Waals surface area (Å²) in [6.07, 6.45) is 0. The lowest BCUT2D eigenvalue weighted by atomic mass is 10.2. The number of nitriles is 1. The molecule has 0 saturated heterocycles. The van der Waals surface area contributed by atoms with Gasteiger partial charge in [-0.1, -0.05) is 0 Å². The first-order chi connectivity index (χ1) is 10.9. The molecule has 0 aliphatic carbocycles. The van der Waals surface area contributed by atoms with Crippen LogP contribution in [0, 0.1) is 11.3 Å². The maximum Gasteiger partial charge on any atom is 0.446 e. The van der Waals surface area contributed by atoms with E-state index in [0.717, 1.165) is 0 Å². The Hall–Kier alpha value is -2.66. The van der Waals surface area contributed by atoms with Crippen LogP contribution in [0.25, 0.3) is 0 Å². The van der Waals surface area contributed by atoms with E-state index in [9.17, 15) is 18.0 Å².